The van der Waals surface area contributed by atoms with E-state index in [0.29, 0.717) is 5.52 Å². The summed E-state index contributed by atoms with van der Waals surface area (Å²) in [4.78, 5) is 16.1. The first-order valence-electron chi connectivity index (χ1n) is 9.24. The highest BCUT2D eigenvalue weighted by Crippen LogP contribution is 2.32. The van der Waals surface area contributed by atoms with Gasteiger partial charge in [0, 0.05) is 13.6 Å². The maximum absolute atomic E-state index is 13.1. The van der Waals surface area contributed by atoms with Gasteiger partial charge in [-0.3, -0.25) is 0 Å². The quantitative estimate of drug-likeness (QED) is 0.573. The van der Waals surface area contributed by atoms with Gasteiger partial charge in [-0.2, -0.15) is 17.9 Å². The van der Waals surface area contributed by atoms with Crippen LogP contribution in [0.4, 0.5) is 13.2 Å². The van der Waals surface area contributed by atoms with Gasteiger partial charge in [0.15, 0.2) is 5.03 Å². The Bertz CT molecular complexity index is 1250. The molecule has 2 aromatic heterocycles. The van der Waals surface area contributed by atoms with Gasteiger partial charge in [-0.05, 0) is 44.2 Å². The number of fused-ring (bicyclic) bond motifs is 1. The summed E-state index contributed by atoms with van der Waals surface area (Å²) >= 11 is 0. The number of nitrogens with zero attached hydrogens (tertiary/aromatic N) is 3. The number of esters is 1. The van der Waals surface area contributed by atoms with Crippen LogP contribution in [0.2, 0.25) is 0 Å². The Morgan fingerprint density at radius 1 is 1.26 bits per heavy atom. The van der Waals surface area contributed by atoms with E-state index in [9.17, 15) is 26.4 Å². The summed E-state index contributed by atoms with van der Waals surface area (Å²) in [6, 6.07) is 4.92. The van der Waals surface area contributed by atoms with E-state index >= 15 is 0 Å². The molecular formula is C19H21F3N4O4S. The monoisotopic (exact) mass is 458 g/mol. The molecule has 3 aromatic rings. The molecule has 0 radical (unpaired) electrons. The van der Waals surface area contributed by atoms with Crippen LogP contribution < -0.4 is 4.72 Å². The Hall–Kier alpha value is -2.86. The van der Waals surface area contributed by atoms with Gasteiger partial charge in [-0.25, -0.2) is 18.2 Å². The van der Waals surface area contributed by atoms with E-state index in [1.54, 1.807) is 13.8 Å². The van der Waals surface area contributed by atoms with Crippen molar-refractivity contribution in [3.05, 3.63) is 47.4 Å². The first-order chi connectivity index (χ1) is 14.4. The van der Waals surface area contributed by atoms with E-state index in [4.69, 9.17) is 0 Å². The Morgan fingerprint density at radius 2 is 1.94 bits per heavy atom. The lowest BCUT2D eigenvalue weighted by atomic mass is 10.2. The third-order valence-electron chi connectivity index (χ3n) is 4.89. The molecule has 168 valence electrons. The number of carbonyl (C=O) groups is 1. The zero-order valence-electron chi connectivity index (χ0n) is 17.2. The number of aromatic nitrogens is 3. The Kier molecular flexibility index (Phi) is 5.89. The Balaban J connectivity index is 1.99. The van der Waals surface area contributed by atoms with Gasteiger partial charge in [0.2, 0.25) is 0 Å². The second-order valence-electron chi connectivity index (χ2n) is 6.87. The summed E-state index contributed by atoms with van der Waals surface area (Å²) in [6.07, 6.45) is -4.51. The third-order valence-corrected chi connectivity index (χ3v) is 6.51. The maximum atomic E-state index is 13.1. The molecule has 0 aliphatic rings. The largest absolute Gasteiger partial charge is 0.464 e. The van der Waals surface area contributed by atoms with Crippen molar-refractivity contribution in [1.82, 2.24) is 18.8 Å². The Morgan fingerprint density at radius 3 is 2.52 bits per heavy atom. The number of benzene rings is 1. The standard InChI is InChI=1S/C19H21F3N4O4S/c1-5-26-15-10-12(19(20,21)22)6-7-13(15)23-17(26)11(2)24-31(28,29)16-9-8-14(25(16)3)18(27)30-4/h6-11,24H,5H2,1-4H3/t11-/m1/s1. The lowest BCUT2D eigenvalue weighted by molar-refractivity contribution is -0.137. The molecule has 3 rings (SSSR count). The average Bonchev–Trinajstić information content (AvgIpc) is 3.26. The lowest BCUT2D eigenvalue weighted by Gasteiger charge is -2.16. The number of rotatable bonds is 6. The number of methoxy groups -OCH3 is 1. The van der Waals surface area contributed by atoms with Crippen LogP contribution in [0.25, 0.3) is 11.0 Å². The lowest BCUT2D eigenvalue weighted by Crippen LogP contribution is -2.30. The normalized spacial score (nSPS) is 13.5. The van der Waals surface area contributed by atoms with Crippen molar-refractivity contribution in [3.8, 4) is 0 Å². The topological polar surface area (TPSA) is 95.2 Å². The Labute approximate surface area is 176 Å². The zero-order valence-corrected chi connectivity index (χ0v) is 18.0. The van der Waals surface area contributed by atoms with E-state index in [0.717, 1.165) is 12.1 Å². The van der Waals surface area contributed by atoms with Crippen molar-refractivity contribution in [1.29, 1.82) is 0 Å². The number of halogens is 3. The minimum atomic E-state index is -4.51. The molecule has 0 aliphatic heterocycles. The molecule has 2 heterocycles. The summed E-state index contributed by atoms with van der Waals surface area (Å²) in [6.45, 7) is 3.56. The summed E-state index contributed by atoms with van der Waals surface area (Å²) in [5, 5.41) is -0.168. The molecule has 0 saturated heterocycles. The summed E-state index contributed by atoms with van der Waals surface area (Å²) in [5.41, 5.74) is -0.183. The molecular weight excluding hydrogens is 437 g/mol. The summed E-state index contributed by atoms with van der Waals surface area (Å²) in [5.74, 6) is -0.423. The van der Waals surface area contributed by atoms with Crippen LogP contribution in [0.15, 0.2) is 35.4 Å². The van der Waals surface area contributed by atoms with Gasteiger partial charge in [0.1, 0.15) is 11.5 Å². The molecule has 0 aliphatic carbocycles. The van der Waals surface area contributed by atoms with Gasteiger partial charge in [0.05, 0.1) is 29.7 Å². The average molecular weight is 458 g/mol. The summed E-state index contributed by atoms with van der Waals surface area (Å²) < 4.78 is 74.9. The second-order valence-corrected chi connectivity index (χ2v) is 8.53. The number of nitrogens with one attached hydrogen (secondary N) is 1. The van der Waals surface area contributed by atoms with E-state index in [2.05, 4.69) is 14.4 Å². The van der Waals surface area contributed by atoms with Crippen LogP contribution in [0.5, 0.6) is 0 Å². The number of hydrogen-bond donors (Lipinski definition) is 1. The molecule has 0 fully saturated rings. The highest BCUT2D eigenvalue weighted by atomic mass is 32.2. The SMILES string of the molecule is CCn1c([C@@H](C)NS(=O)(=O)c2ccc(C(=O)OC)n2C)nc2ccc(C(F)(F)F)cc21. The molecule has 0 spiro atoms. The van der Waals surface area contributed by atoms with Crippen molar-refractivity contribution in [2.24, 2.45) is 7.05 Å². The molecule has 1 aromatic carbocycles. The number of sulfonamides is 1. The van der Waals surface area contributed by atoms with Crippen molar-refractivity contribution in [2.45, 2.75) is 37.6 Å². The number of hydrogen-bond acceptors (Lipinski definition) is 5. The zero-order chi connectivity index (χ0) is 23.1. The van der Waals surface area contributed by atoms with Gasteiger partial charge in [-0.1, -0.05) is 0 Å². The van der Waals surface area contributed by atoms with E-state index < -0.39 is 33.8 Å². The van der Waals surface area contributed by atoms with Gasteiger partial charge in [-0.15, -0.1) is 0 Å². The predicted octanol–water partition coefficient (Wildman–Crippen LogP) is 3.24. The predicted molar refractivity (Wildman–Crippen MR) is 106 cm³/mol. The van der Waals surface area contributed by atoms with E-state index in [1.165, 1.54) is 41.5 Å². The first kappa shape index (κ1) is 22.8. The third kappa shape index (κ3) is 4.17. The molecule has 31 heavy (non-hydrogen) atoms. The van der Waals surface area contributed by atoms with E-state index in [-0.39, 0.29) is 28.6 Å². The van der Waals surface area contributed by atoms with E-state index in [1.807, 2.05) is 0 Å². The molecule has 0 unspecified atom stereocenters. The van der Waals surface area contributed by atoms with Crippen LogP contribution in [0.3, 0.4) is 0 Å². The molecule has 8 nitrogen and oxygen atoms in total. The van der Waals surface area contributed by atoms with Gasteiger partial charge >= 0.3 is 12.1 Å². The van der Waals surface area contributed by atoms with Crippen LogP contribution >= 0.6 is 0 Å². The fourth-order valence-electron chi connectivity index (χ4n) is 3.40. The van der Waals surface area contributed by atoms with Crippen LogP contribution in [0.1, 0.15) is 41.8 Å². The van der Waals surface area contributed by atoms with Crippen molar-refractivity contribution in [2.75, 3.05) is 7.11 Å². The smallest absolute Gasteiger partial charge is 0.416 e. The molecule has 1 N–H and O–H groups in total. The number of carbonyl (C=O) groups excluding carboxylic acids is 1. The van der Waals surface area contributed by atoms with Crippen molar-refractivity contribution < 1.29 is 31.1 Å². The first-order valence-corrected chi connectivity index (χ1v) is 10.7. The van der Waals surface area contributed by atoms with Crippen LogP contribution in [-0.2, 0) is 34.5 Å². The second kappa shape index (κ2) is 8.00. The highest BCUT2D eigenvalue weighted by Gasteiger charge is 2.32. The summed E-state index contributed by atoms with van der Waals surface area (Å²) in [7, 11) is -1.49. The van der Waals surface area contributed by atoms with Crippen LogP contribution in [-0.4, -0.2) is 35.6 Å². The molecule has 1 atom stereocenters. The minimum absolute atomic E-state index is 0.0519. The number of aryl methyl sites for hydroxylation is 1. The van der Waals surface area contributed by atoms with Crippen LogP contribution in [0, 0.1) is 0 Å². The molecule has 0 bridgehead atoms. The number of imidazole rings is 1. The minimum Gasteiger partial charge on any atom is -0.464 e. The molecule has 0 saturated carbocycles. The fraction of sp³-hybridized carbons (Fsp3) is 0.368. The van der Waals surface area contributed by atoms with Gasteiger partial charge in [0.25, 0.3) is 10.0 Å². The van der Waals surface area contributed by atoms with Crippen molar-refractivity contribution in [3.63, 3.8) is 0 Å². The number of alkyl halides is 3. The number of ether oxygens (including phenoxy) is 1. The fourth-order valence-corrected chi connectivity index (χ4v) is 4.80. The molecule has 12 heteroatoms. The van der Waals surface area contributed by atoms with Crippen molar-refractivity contribution >= 4 is 27.0 Å². The maximum Gasteiger partial charge on any atom is 0.416 e. The molecule has 0 amide bonds. The van der Waals surface area contributed by atoms with Gasteiger partial charge < -0.3 is 13.9 Å². The highest BCUT2D eigenvalue weighted by molar-refractivity contribution is 7.89.